The topological polar surface area (TPSA) is 61.8 Å². The van der Waals surface area contributed by atoms with Crippen LogP contribution in [0.5, 0.6) is 0 Å². The van der Waals surface area contributed by atoms with E-state index in [1.165, 1.54) is 14.2 Å². The van der Waals surface area contributed by atoms with Gasteiger partial charge < -0.3 is 14.2 Å². The number of methoxy groups -OCH3 is 2. The van der Waals surface area contributed by atoms with Gasteiger partial charge in [0.2, 0.25) is 0 Å². The van der Waals surface area contributed by atoms with Crippen LogP contribution in [0.25, 0.3) is 0 Å². The zero-order chi connectivity index (χ0) is 9.84. The maximum Gasteiger partial charge on any atom is 0.319 e. The quantitative estimate of drug-likeness (QED) is 0.443. The van der Waals surface area contributed by atoms with E-state index in [4.69, 9.17) is 9.47 Å². The molecule has 13 heavy (non-hydrogen) atoms. The fourth-order valence-corrected chi connectivity index (χ4v) is 1.31. The lowest BCUT2D eigenvalue weighted by atomic mass is 9.97. The fraction of sp³-hybridized carbons (Fsp3) is 0.750. The van der Waals surface area contributed by atoms with Crippen molar-refractivity contribution in [3.05, 3.63) is 0 Å². The smallest absolute Gasteiger partial charge is 0.319 e. The summed E-state index contributed by atoms with van der Waals surface area (Å²) in [5, 5.41) is 0. The van der Waals surface area contributed by atoms with Crippen LogP contribution in [-0.2, 0) is 23.8 Å². The van der Waals surface area contributed by atoms with Crippen molar-refractivity contribution in [2.24, 2.45) is 11.8 Å². The van der Waals surface area contributed by atoms with E-state index in [-0.39, 0.29) is 13.2 Å². The van der Waals surface area contributed by atoms with E-state index in [1.807, 2.05) is 0 Å². The number of carbonyl (C=O) groups excluding carboxylic acids is 2. The Morgan fingerprint density at radius 2 is 1.46 bits per heavy atom. The van der Waals surface area contributed by atoms with Gasteiger partial charge in [0, 0.05) is 14.2 Å². The summed E-state index contributed by atoms with van der Waals surface area (Å²) in [7, 11) is 2.94. The van der Waals surface area contributed by atoms with Crippen molar-refractivity contribution in [1.82, 2.24) is 0 Å². The Morgan fingerprint density at radius 3 is 1.77 bits per heavy atom. The van der Waals surface area contributed by atoms with Crippen LogP contribution in [0.2, 0.25) is 0 Å². The van der Waals surface area contributed by atoms with Crippen LogP contribution < -0.4 is 0 Å². The van der Waals surface area contributed by atoms with Crippen molar-refractivity contribution in [3.8, 4) is 0 Å². The fourth-order valence-electron chi connectivity index (χ4n) is 1.31. The maximum absolute atomic E-state index is 11.1. The third-order valence-electron chi connectivity index (χ3n) is 1.98. The first-order valence-electron chi connectivity index (χ1n) is 3.94. The van der Waals surface area contributed by atoms with Crippen LogP contribution in [0, 0.1) is 11.8 Å². The Morgan fingerprint density at radius 1 is 1.08 bits per heavy atom. The molecule has 0 bridgehead atoms. The third kappa shape index (κ3) is 2.05. The second kappa shape index (κ2) is 4.34. The molecule has 0 amide bonds. The molecule has 0 N–H and O–H groups in total. The Bertz CT molecular complexity index is 191. The Kier molecular flexibility index (Phi) is 3.39. The van der Waals surface area contributed by atoms with Gasteiger partial charge in [-0.05, 0) is 0 Å². The molecule has 74 valence electrons. The Hall–Kier alpha value is -0.940. The van der Waals surface area contributed by atoms with Crippen molar-refractivity contribution in [1.29, 1.82) is 0 Å². The van der Waals surface area contributed by atoms with Gasteiger partial charge in [-0.25, -0.2) is 0 Å². The molecule has 1 aliphatic heterocycles. The molecule has 0 aromatic carbocycles. The minimum absolute atomic E-state index is 0.193. The summed E-state index contributed by atoms with van der Waals surface area (Å²) in [5.41, 5.74) is 0. The molecular weight excluding hydrogens is 176 g/mol. The molecule has 5 nitrogen and oxygen atoms in total. The van der Waals surface area contributed by atoms with E-state index in [2.05, 4.69) is 4.74 Å². The molecule has 1 aliphatic rings. The largest absolute Gasteiger partial charge is 0.393 e. The number of ether oxygens (including phenoxy) is 3. The molecule has 0 radical (unpaired) electrons. The van der Waals surface area contributed by atoms with Gasteiger partial charge in [-0.2, -0.15) is 0 Å². The zero-order valence-corrected chi connectivity index (χ0v) is 7.61. The van der Waals surface area contributed by atoms with Crippen LogP contribution in [0.4, 0.5) is 0 Å². The van der Waals surface area contributed by atoms with Crippen molar-refractivity contribution in [2.45, 2.75) is 0 Å². The predicted molar refractivity (Wildman–Crippen MR) is 41.8 cm³/mol. The van der Waals surface area contributed by atoms with Gasteiger partial charge >= 0.3 is 11.9 Å². The van der Waals surface area contributed by atoms with Crippen molar-refractivity contribution in [2.75, 3.05) is 27.4 Å². The van der Waals surface area contributed by atoms with Crippen molar-refractivity contribution < 1.29 is 23.8 Å². The molecule has 0 aromatic rings. The van der Waals surface area contributed by atoms with E-state index < -0.39 is 23.8 Å². The molecule has 0 aliphatic carbocycles. The average Bonchev–Trinajstić information content (AvgIpc) is 2.33. The lowest BCUT2D eigenvalue weighted by Gasteiger charge is -2.10. The minimum atomic E-state index is -0.520. The molecule has 2 atom stereocenters. The summed E-state index contributed by atoms with van der Waals surface area (Å²) >= 11 is 0. The highest BCUT2D eigenvalue weighted by Gasteiger charge is 2.44. The first-order valence-corrected chi connectivity index (χ1v) is 3.94. The standard InChI is InChI=1S/C8H12O5/c1-11-3-5-6(4-12-2)8(10)13-7(5)9/h5-6H,3-4H2,1-2H3/t5-,6+. The van der Waals surface area contributed by atoms with Gasteiger partial charge in [-0.15, -0.1) is 0 Å². The van der Waals surface area contributed by atoms with Crippen molar-refractivity contribution >= 4 is 11.9 Å². The van der Waals surface area contributed by atoms with Crippen LogP contribution in [0.1, 0.15) is 0 Å². The van der Waals surface area contributed by atoms with Crippen LogP contribution in [-0.4, -0.2) is 39.4 Å². The molecule has 5 heteroatoms. The second-order valence-corrected chi connectivity index (χ2v) is 2.86. The van der Waals surface area contributed by atoms with Gasteiger partial charge in [-0.1, -0.05) is 0 Å². The molecule has 0 saturated carbocycles. The summed E-state index contributed by atoms with van der Waals surface area (Å²) in [5.74, 6) is -2.07. The molecule has 0 aromatic heterocycles. The average molecular weight is 188 g/mol. The summed E-state index contributed by atoms with van der Waals surface area (Å²) < 4.78 is 14.1. The predicted octanol–water partition coefficient (Wildman–Crippen LogP) is -0.405. The Balaban J connectivity index is 2.65. The van der Waals surface area contributed by atoms with E-state index in [0.29, 0.717) is 0 Å². The molecule has 1 fully saturated rings. The highest BCUT2D eigenvalue weighted by Crippen LogP contribution is 2.23. The number of hydrogen-bond donors (Lipinski definition) is 0. The van der Waals surface area contributed by atoms with Crippen LogP contribution in [0.3, 0.4) is 0 Å². The van der Waals surface area contributed by atoms with Crippen molar-refractivity contribution in [3.63, 3.8) is 0 Å². The van der Waals surface area contributed by atoms with E-state index in [1.54, 1.807) is 0 Å². The minimum Gasteiger partial charge on any atom is -0.393 e. The van der Waals surface area contributed by atoms with Crippen LogP contribution in [0.15, 0.2) is 0 Å². The monoisotopic (exact) mass is 188 g/mol. The number of esters is 2. The SMILES string of the molecule is COC[C@@H]1C(=O)OC(=O)[C@@H]1COC. The highest BCUT2D eigenvalue weighted by atomic mass is 16.6. The molecule has 0 spiro atoms. The number of carbonyl (C=O) groups is 2. The van der Waals surface area contributed by atoms with E-state index in [0.717, 1.165) is 0 Å². The maximum atomic E-state index is 11.1. The molecule has 1 rings (SSSR count). The van der Waals surface area contributed by atoms with Gasteiger partial charge in [0.25, 0.3) is 0 Å². The molecular formula is C8H12O5. The van der Waals surface area contributed by atoms with Gasteiger partial charge in [-0.3, -0.25) is 9.59 Å². The van der Waals surface area contributed by atoms with E-state index in [9.17, 15) is 9.59 Å². The summed E-state index contributed by atoms with van der Waals surface area (Å²) in [6.07, 6.45) is 0. The highest BCUT2D eigenvalue weighted by molar-refractivity contribution is 5.96. The first kappa shape index (κ1) is 10.1. The number of hydrogen-bond acceptors (Lipinski definition) is 5. The number of cyclic esters (lactones) is 2. The van der Waals surface area contributed by atoms with Gasteiger partial charge in [0.15, 0.2) is 0 Å². The molecule has 0 unspecified atom stereocenters. The zero-order valence-electron chi connectivity index (χ0n) is 7.61. The first-order chi connectivity index (χ1) is 6.20. The van der Waals surface area contributed by atoms with Gasteiger partial charge in [0.05, 0.1) is 25.0 Å². The molecule has 1 heterocycles. The summed E-state index contributed by atoms with van der Waals surface area (Å²) in [6, 6.07) is 0. The number of rotatable bonds is 4. The normalized spacial score (nSPS) is 27.8. The van der Waals surface area contributed by atoms with Gasteiger partial charge in [0.1, 0.15) is 0 Å². The summed E-state index contributed by atoms with van der Waals surface area (Å²) in [6.45, 7) is 0.386. The van der Waals surface area contributed by atoms with Crippen LogP contribution >= 0.6 is 0 Å². The lowest BCUT2D eigenvalue weighted by Crippen LogP contribution is -2.26. The second-order valence-electron chi connectivity index (χ2n) is 2.86. The van der Waals surface area contributed by atoms with E-state index >= 15 is 0 Å². The molecule has 1 saturated heterocycles. The third-order valence-corrected chi connectivity index (χ3v) is 1.98. The summed E-state index contributed by atoms with van der Waals surface area (Å²) in [4.78, 5) is 22.2. The lowest BCUT2D eigenvalue weighted by molar-refractivity contribution is -0.154. The Labute approximate surface area is 76.0 Å².